The molecule has 0 N–H and O–H groups in total. The van der Waals surface area contributed by atoms with Crippen LogP contribution in [0.4, 0.5) is 4.39 Å². The van der Waals surface area contributed by atoms with Crippen LogP contribution in [0.15, 0.2) is 89.6 Å². The first-order valence-corrected chi connectivity index (χ1v) is 10.8. The first-order valence-electron chi connectivity index (χ1n) is 10.8. The summed E-state index contributed by atoms with van der Waals surface area (Å²) in [7, 11) is 0. The molecule has 31 heavy (non-hydrogen) atoms. The first-order chi connectivity index (χ1) is 15.2. The third-order valence-electron chi connectivity index (χ3n) is 5.19. The smallest absolute Gasteiger partial charge is 0.131 e. The van der Waals surface area contributed by atoms with Crippen LogP contribution in [-0.2, 0) is 6.42 Å². The van der Waals surface area contributed by atoms with E-state index in [1.807, 2.05) is 55.5 Å². The molecule has 0 aliphatic carbocycles. The minimum Gasteiger partial charge on any atom is -0.206 e. The molecule has 0 heterocycles. The van der Waals surface area contributed by atoms with E-state index in [2.05, 4.69) is 28.9 Å². The van der Waals surface area contributed by atoms with Crippen molar-refractivity contribution in [1.29, 1.82) is 0 Å². The molecule has 0 unspecified atom stereocenters. The normalized spacial score (nSPS) is 11.4. The van der Waals surface area contributed by atoms with Crippen molar-refractivity contribution in [2.75, 3.05) is 0 Å². The van der Waals surface area contributed by atoms with Gasteiger partial charge in [0.25, 0.3) is 0 Å². The van der Waals surface area contributed by atoms with Crippen LogP contribution >= 0.6 is 0 Å². The van der Waals surface area contributed by atoms with Gasteiger partial charge in [0.05, 0.1) is 12.4 Å². The Balaban J connectivity index is 1.53. The van der Waals surface area contributed by atoms with Crippen LogP contribution in [0.5, 0.6) is 0 Å². The molecule has 0 saturated carbocycles. The zero-order valence-corrected chi connectivity index (χ0v) is 18.1. The molecule has 0 aliphatic rings. The Morgan fingerprint density at radius 3 is 2.16 bits per heavy atom. The topological polar surface area (TPSA) is 24.7 Å². The highest BCUT2D eigenvalue weighted by atomic mass is 19.1. The SMILES string of the molecule is C=CCCCCCc1ccc(C=NN=Cc2ccc(-c3ccc(C)cc3)c(F)c2)cc1. The molecule has 0 bridgehead atoms. The summed E-state index contributed by atoms with van der Waals surface area (Å²) in [5.74, 6) is -0.267. The molecule has 0 radical (unpaired) electrons. The summed E-state index contributed by atoms with van der Waals surface area (Å²) in [4.78, 5) is 0. The van der Waals surface area contributed by atoms with Crippen LogP contribution in [0.25, 0.3) is 11.1 Å². The second-order valence-electron chi connectivity index (χ2n) is 7.72. The van der Waals surface area contributed by atoms with Crippen LogP contribution in [0.1, 0.15) is 47.9 Å². The average Bonchev–Trinajstić information content (AvgIpc) is 2.78. The monoisotopic (exact) mass is 412 g/mol. The molecule has 3 aromatic rings. The zero-order valence-electron chi connectivity index (χ0n) is 18.1. The van der Waals surface area contributed by atoms with E-state index in [4.69, 9.17) is 0 Å². The molecule has 3 rings (SSSR count). The molecule has 0 aromatic heterocycles. The summed E-state index contributed by atoms with van der Waals surface area (Å²) in [6, 6.07) is 21.3. The van der Waals surface area contributed by atoms with Crippen LogP contribution in [-0.4, -0.2) is 12.4 Å². The minimum atomic E-state index is -0.267. The lowest BCUT2D eigenvalue weighted by atomic mass is 10.0. The van der Waals surface area contributed by atoms with Crippen LogP contribution in [0.2, 0.25) is 0 Å². The number of aryl methyl sites for hydroxylation is 2. The quantitative estimate of drug-likeness (QED) is 0.142. The zero-order chi connectivity index (χ0) is 21.9. The molecular weight excluding hydrogens is 383 g/mol. The largest absolute Gasteiger partial charge is 0.206 e. The summed E-state index contributed by atoms with van der Waals surface area (Å²) in [5, 5.41) is 8.16. The van der Waals surface area contributed by atoms with E-state index in [0.717, 1.165) is 29.5 Å². The molecule has 0 amide bonds. The maximum absolute atomic E-state index is 14.5. The van der Waals surface area contributed by atoms with Gasteiger partial charge in [-0.05, 0) is 60.9 Å². The lowest BCUT2D eigenvalue weighted by molar-refractivity contribution is 0.631. The Bertz CT molecular complexity index is 1030. The van der Waals surface area contributed by atoms with Gasteiger partial charge >= 0.3 is 0 Å². The predicted molar refractivity (Wildman–Crippen MR) is 131 cm³/mol. The van der Waals surface area contributed by atoms with Gasteiger partial charge in [0.2, 0.25) is 0 Å². The summed E-state index contributed by atoms with van der Waals surface area (Å²) >= 11 is 0. The Morgan fingerprint density at radius 1 is 0.806 bits per heavy atom. The fraction of sp³-hybridized carbons (Fsp3) is 0.214. The van der Waals surface area contributed by atoms with E-state index in [0.29, 0.717) is 11.1 Å². The molecule has 0 atom stereocenters. The maximum Gasteiger partial charge on any atom is 0.131 e. The predicted octanol–water partition coefficient (Wildman–Crippen LogP) is 7.54. The van der Waals surface area contributed by atoms with Gasteiger partial charge < -0.3 is 0 Å². The number of hydrogen-bond acceptors (Lipinski definition) is 2. The van der Waals surface area contributed by atoms with Crippen molar-refractivity contribution < 1.29 is 4.39 Å². The second-order valence-corrected chi connectivity index (χ2v) is 7.72. The maximum atomic E-state index is 14.5. The first kappa shape index (κ1) is 22.4. The summed E-state index contributed by atoms with van der Waals surface area (Å²) in [6.07, 6.45) is 11.1. The fourth-order valence-electron chi connectivity index (χ4n) is 3.34. The van der Waals surface area contributed by atoms with E-state index in [-0.39, 0.29) is 5.82 Å². The lowest BCUT2D eigenvalue weighted by Gasteiger charge is -2.04. The molecule has 158 valence electrons. The van der Waals surface area contributed by atoms with Crippen molar-refractivity contribution in [3.8, 4) is 11.1 Å². The van der Waals surface area contributed by atoms with Gasteiger partial charge in [-0.25, -0.2) is 4.39 Å². The van der Waals surface area contributed by atoms with Crippen LogP contribution < -0.4 is 0 Å². The van der Waals surface area contributed by atoms with Gasteiger partial charge in [-0.3, -0.25) is 0 Å². The van der Waals surface area contributed by atoms with E-state index >= 15 is 0 Å². The molecule has 0 saturated heterocycles. The van der Waals surface area contributed by atoms with E-state index in [9.17, 15) is 4.39 Å². The third-order valence-corrected chi connectivity index (χ3v) is 5.19. The number of unbranched alkanes of at least 4 members (excludes halogenated alkanes) is 3. The number of allylic oxidation sites excluding steroid dienone is 1. The Morgan fingerprint density at radius 2 is 1.48 bits per heavy atom. The van der Waals surface area contributed by atoms with Gasteiger partial charge in [-0.1, -0.05) is 78.7 Å². The molecule has 0 fully saturated rings. The molecule has 3 aromatic carbocycles. The van der Waals surface area contributed by atoms with Gasteiger partial charge in [0.15, 0.2) is 0 Å². The molecule has 3 heteroatoms. The molecular formula is C28H29FN2. The lowest BCUT2D eigenvalue weighted by Crippen LogP contribution is -1.89. The fourth-order valence-corrected chi connectivity index (χ4v) is 3.34. The van der Waals surface area contributed by atoms with Crippen molar-refractivity contribution in [3.63, 3.8) is 0 Å². The number of benzene rings is 3. The summed E-state index contributed by atoms with van der Waals surface area (Å²) in [5.41, 5.74) is 5.61. The Labute approximate surface area is 184 Å². The van der Waals surface area contributed by atoms with Crippen LogP contribution in [0, 0.1) is 12.7 Å². The van der Waals surface area contributed by atoms with Crippen molar-refractivity contribution in [2.45, 2.75) is 39.0 Å². The molecule has 0 aliphatic heterocycles. The number of rotatable bonds is 10. The average molecular weight is 413 g/mol. The third kappa shape index (κ3) is 7.14. The van der Waals surface area contributed by atoms with Crippen molar-refractivity contribution in [2.24, 2.45) is 10.2 Å². The Hall–Kier alpha value is -3.33. The second kappa shape index (κ2) is 11.8. The highest BCUT2D eigenvalue weighted by Crippen LogP contribution is 2.23. The van der Waals surface area contributed by atoms with Crippen molar-refractivity contribution in [1.82, 2.24) is 0 Å². The van der Waals surface area contributed by atoms with Gasteiger partial charge in [-0.15, -0.1) is 6.58 Å². The molecule has 0 spiro atoms. The number of nitrogens with zero attached hydrogens (tertiary/aromatic N) is 2. The highest BCUT2D eigenvalue weighted by molar-refractivity contribution is 5.83. The minimum absolute atomic E-state index is 0.267. The summed E-state index contributed by atoms with van der Waals surface area (Å²) < 4.78 is 14.5. The summed E-state index contributed by atoms with van der Waals surface area (Å²) in [6.45, 7) is 5.77. The highest BCUT2D eigenvalue weighted by Gasteiger charge is 2.05. The van der Waals surface area contributed by atoms with E-state index in [1.165, 1.54) is 30.9 Å². The van der Waals surface area contributed by atoms with Crippen LogP contribution in [0.3, 0.4) is 0 Å². The molecule has 2 nitrogen and oxygen atoms in total. The number of hydrogen-bond donors (Lipinski definition) is 0. The van der Waals surface area contributed by atoms with Gasteiger partial charge in [-0.2, -0.15) is 10.2 Å². The Kier molecular flexibility index (Phi) is 8.48. The number of halogens is 1. The van der Waals surface area contributed by atoms with Gasteiger partial charge in [0, 0.05) is 5.56 Å². The standard InChI is InChI=1S/C28H29FN2/c1-3-4-5-6-7-8-23-11-13-24(14-12-23)20-30-31-21-25-15-18-27(28(29)19-25)26-16-9-22(2)10-17-26/h3,9-21H,1,4-8H2,2H3. The van der Waals surface area contributed by atoms with Crippen molar-refractivity contribution in [3.05, 3.63) is 107 Å². The van der Waals surface area contributed by atoms with E-state index < -0.39 is 0 Å². The van der Waals surface area contributed by atoms with E-state index in [1.54, 1.807) is 18.5 Å². The van der Waals surface area contributed by atoms with Crippen molar-refractivity contribution >= 4 is 12.4 Å². The van der Waals surface area contributed by atoms with Gasteiger partial charge in [0.1, 0.15) is 5.82 Å².